The lowest BCUT2D eigenvalue weighted by molar-refractivity contribution is -0.143. The van der Waals surface area contributed by atoms with Gasteiger partial charge in [0.05, 0.1) is 12.5 Å². The molecular weight excluding hydrogens is 148 g/mol. The quantitative estimate of drug-likeness (QED) is 0.599. The number of aliphatic carboxylic acids is 1. The molecule has 2 atom stereocenters. The molecule has 0 aromatic carbocycles. The molecule has 0 amide bonds. The predicted molar refractivity (Wildman–Crippen MR) is 35.9 cm³/mol. The zero-order valence-electron chi connectivity index (χ0n) is 6.24. The summed E-state index contributed by atoms with van der Waals surface area (Å²) in [6, 6.07) is 0. The van der Waals surface area contributed by atoms with Crippen molar-refractivity contribution in [2.75, 3.05) is 6.61 Å². The number of carbonyl (C=O) groups is 2. The molecule has 1 rings (SSSR count). The van der Waals surface area contributed by atoms with E-state index in [0.717, 1.165) is 0 Å². The van der Waals surface area contributed by atoms with Gasteiger partial charge in [-0.15, -0.1) is 0 Å². The van der Waals surface area contributed by atoms with E-state index in [9.17, 15) is 9.59 Å². The van der Waals surface area contributed by atoms with Crippen LogP contribution in [0, 0.1) is 11.8 Å². The third kappa shape index (κ3) is 2.22. The number of rotatable bonds is 3. The summed E-state index contributed by atoms with van der Waals surface area (Å²) in [5.41, 5.74) is 0. The zero-order valence-corrected chi connectivity index (χ0v) is 6.24. The van der Waals surface area contributed by atoms with E-state index in [-0.39, 0.29) is 24.4 Å². The molecule has 0 radical (unpaired) electrons. The average Bonchev–Trinajstić information content (AvgIpc) is 2.61. The van der Waals surface area contributed by atoms with E-state index < -0.39 is 5.97 Å². The molecule has 0 heterocycles. The standard InChI is InChI=1S/C7H10O4/c1-4(8)11-3-5-2-6(5)7(9)10/h5-6H,2-3H2,1H3,(H,9,10)/t5-,6+/m0/s1. The molecule has 1 aliphatic carbocycles. The van der Waals surface area contributed by atoms with Crippen molar-refractivity contribution in [1.29, 1.82) is 0 Å². The van der Waals surface area contributed by atoms with Gasteiger partial charge in [-0.3, -0.25) is 9.59 Å². The molecule has 1 saturated carbocycles. The Morgan fingerprint density at radius 3 is 2.64 bits per heavy atom. The third-order valence-electron chi connectivity index (χ3n) is 1.74. The number of hydrogen-bond donors (Lipinski definition) is 1. The minimum Gasteiger partial charge on any atom is -0.481 e. The van der Waals surface area contributed by atoms with Gasteiger partial charge in [0, 0.05) is 12.8 Å². The molecule has 0 bridgehead atoms. The fourth-order valence-corrected chi connectivity index (χ4v) is 0.959. The summed E-state index contributed by atoms with van der Waals surface area (Å²) < 4.78 is 4.64. The summed E-state index contributed by atoms with van der Waals surface area (Å²) in [6.45, 7) is 1.57. The molecule has 1 N–H and O–H groups in total. The molecular formula is C7H10O4. The van der Waals surface area contributed by atoms with Crippen LogP contribution in [0.1, 0.15) is 13.3 Å². The molecule has 0 aromatic rings. The molecule has 1 aliphatic rings. The molecule has 0 aromatic heterocycles. The van der Waals surface area contributed by atoms with Gasteiger partial charge < -0.3 is 9.84 Å². The van der Waals surface area contributed by atoms with E-state index in [1.54, 1.807) is 0 Å². The van der Waals surface area contributed by atoms with Crippen molar-refractivity contribution in [1.82, 2.24) is 0 Å². The molecule has 0 spiro atoms. The van der Waals surface area contributed by atoms with Crippen molar-refractivity contribution in [3.05, 3.63) is 0 Å². The topological polar surface area (TPSA) is 63.6 Å². The Hall–Kier alpha value is -1.06. The number of hydrogen-bond acceptors (Lipinski definition) is 3. The highest BCUT2D eigenvalue weighted by atomic mass is 16.5. The Bertz CT molecular complexity index is 187. The number of ether oxygens (including phenoxy) is 1. The van der Waals surface area contributed by atoms with Crippen LogP contribution in [0.25, 0.3) is 0 Å². The van der Waals surface area contributed by atoms with Gasteiger partial charge in [-0.25, -0.2) is 0 Å². The Kier molecular flexibility index (Phi) is 2.12. The first-order valence-corrected chi connectivity index (χ1v) is 3.47. The van der Waals surface area contributed by atoms with Gasteiger partial charge >= 0.3 is 11.9 Å². The predicted octanol–water partition coefficient (Wildman–Crippen LogP) is 0.270. The van der Waals surface area contributed by atoms with E-state index in [1.165, 1.54) is 6.92 Å². The summed E-state index contributed by atoms with van der Waals surface area (Å²) in [5.74, 6) is -1.37. The van der Waals surface area contributed by atoms with Crippen LogP contribution in [-0.4, -0.2) is 23.7 Å². The minimum absolute atomic E-state index is 0.0522. The first-order valence-electron chi connectivity index (χ1n) is 3.47. The molecule has 0 aliphatic heterocycles. The zero-order chi connectivity index (χ0) is 8.43. The average molecular weight is 158 g/mol. The van der Waals surface area contributed by atoms with Crippen LogP contribution in [0.15, 0.2) is 0 Å². The van der Waals surface area contributed by atoms with Crippen molar-refractivity contribution in [3.63, 3.8) is 0 Å². The van der Waals surface area contributed by atoms with Crippen molar-refractivity contribution in [2.45, 2.75) is 13.3 Å². The van der Waals surface area contributed by atoms with Gasteiger partial charge in [0.25, 0.3) is 0 Å². The van der Waals surface area contributed by atoms with Crippen molar-refractivity contribution < 1.29 is 19.4 Å². The summed E-state index contributed by atoms with van der Waals surface area (Å²) in [5, 5.41) is 8.45. The van der Waals surface area contributed by atoms with E-state index in [2.05, 4.69) is 4.74 Å². The maximum absolute atomic E-state index is 10.3. The Morgan fingerprint density at radius 1 is 1.64 bits per heavy atom. The van der Waals surface area contributed by atoms with Crippen molar-refractivity contribution >= 4 is 11.9 Å². The van der Waals surface area contributed by atoms with Crippen LogP contribution >= 0.6 is 0 Å². The molecule has 0 saturated heterocycles. The highest BCUT2D eigenvalue weighted by molar-refractivity contribution is 5.73. The smallest absolute Gasteiger partial charge is 0.306 e. The fraction of sp³-hybridized carbons (Fsp3) is 0.714. The second kappa shape index (κ2) is 2.90. The summed E-state index contributed by atoms with van der Waals surface area (Å²) in [7, 11) is 0. The summed E-state index contributed by atoms with van der Waals surface area (Å²) in [4.78, 5) is 20.6. The summed E-state index contributed by atoms with van der Waals surface area (Å²) in [6.07, 6.45) is 0.641. The molecule has 4 heteroatoms. The third-order valence-corrected chi connectivity index (χ3v) is 1.74. The molecule has 4 nitrogen and oxygen atoms in total. The Morgan fingerprint density at radius 2 is 2.27 bits per heavy atom. The maximum Gasteiger partial charge on any atom is 0.306 e. The molecule has 1 fully saturated rings. The van der Waals surface area contributed by atoms with Crippen LogP contribution in [0.5, 0.6) is 0 Å². The van der Waals surface area contributed by atoms with Crippen LogP contribution in [0.3, 0.4) is 0 Å². The van der Waals surface area contributed by atoms with Crippen LogP contribution in [0.4, 0.5) is 0 Å². The number of carboxylic acids is 1. The van der Waals surface area contributed by atoms with Crippen molar-refractivity contribution in [2.24, 2.45) is 11.8 Å². The Labute approximate surface area is 64.2 Å². The van der Waals surface area contributed by atoms with Gasteiger partial charge in [0.2, 0.25) is 0 Å². The number of carboxylic acid groups (broad SMARTS) is 1. The lowest BCUT2D eigenvalue weighted by Crippen LogP contribution is -2.06. The molecule has 11 heavy (non-hydrogen) atoms. The maximum atomic E-state index is 10.3. The van der Waals surface area contributed by atoms with Gasteiger partial charge in [-0.05, 0) is 6.42 Å². The van der Waals surface area contributed by atoms with Gasteiger partial charge in [0.1, 0.15) is 0 Å². The second-order valence-electron chi connectivity index (χ2n) is 2.74. The largest absolute Gasteiger partial charge is 0.481 e. The highest BCUT2D eigenvalue weighted by Crippen LogP contribution is 2.38. The van der Waals surface area contributed by atoms with E-state index in [0.29, 0.717) is 6.42 Å². The van der Waals surface area contributed by atoms with Crippen molar-refractivity contribution in [3.8, 4) is 0 Å². The number of carbonyl (C=O) groups excluding carboxylic acids is 1. The van der Waals surface area contributed by atoms with Gasteiger partial charge in [-0.1, -0.05) is 0 Å². The minimum atomic E-state index is -0.790. The SMILES string of the molecule is CC(=O)OC[C@@H]1C[C@H]1C(=O)O. The van der Waals surface area contributed by atoms with E-state index >= 15 is 0 Å². The Balaban J connectivity index is 2.14. The van der Waals surface area contributed by atoms with E-state index in [4.69, 9.17) is 5.11 Å². The lowest BCUT2D eigenvalue weighted by Gasteiger charge is -1.97. The van der Waals surface area contributed by atoms with Gasteiger partial charge in [-0.2, -0.15) is 0 Å². The monoisotopic (exact) mass is 158 g/mol. The summed E-state index contributed by atoms with van der Waals surface area (Å²) >= 11 is 0. The van der Waals surface area contributed by atoms with Crippen LogP contribution < -0.4 is 0 Å². The van der Waals surface area contributed by atoms with Gasteiger partial charge in [0.15, 0.2) is 0 Å². The number of esters is 1. The van der Waals surface area contributed by atoms with Crippen LogP contribution in [0.2, 0.25) is 0 Å². The van der Waals surface area contributed by atoms with Crippen LogP contribution in [-0.2, 0) is 14.3 Å². The van der Waals surface area contributed by atoms with E-state index in [1.807, 2.05) is 0 Å². The lowest BCUT2D eigenvalue weighted by atomic mass is 10.3. The normalized spacial score (nSPS) is 27.7. The fourth-order valence-electron chi connectivity index (χ4n) is 0.959. The first kappa shape index (κ1) is 8.04. The molecule has 0 unspecified atom stereocenters. The second-order valence-corrected chi connectivity index (χ2v) is 2.74. The highest BCUT2D eigenvalue weighted by Gasteiger charge is 2.43. The molecule has 62 valence electrons. The first-order chi connectivity index (χ1) is 5.11.